The van der Waals surface area contributed by atoms with E-state index in [1.54, 1.807) is 56.5 Å². The van der Waals surface area contributed by atoms with Gasteiger partial charge in [0.1, 0.15) is 29.0 Å². The second kappa shape index (κ2) is 14.5. The molecule has 0 unspecified atom stereocenters. The number of aromatic nitrogens is 1. The first-order valence-electron chi connectivity index (χ1n) is 16.0. The lowest BCUT2D eigenvalue weighted by Crippen LogP contribution is -2.53. The van der Waals surface area contributed by atoms with Gasteiger partial charge >= 0.3 is 0 Å². The van der Waals surface area contributed by atoms with Crippen molar-refractivity contribution in [2.75, 3.05) is 57.2 Å². The standard InChI is InChI=1S/C37H44F2N6O3/c1-7-24(34-28(38)9-8-10-29(34)39)19-31(42-33-14-12-26(21-41-33)43-15-17-45(18-16-43)37(2,3)4)35-30(40)23-44(36(35)46)22-25-11-13-27(47-5)20-32(25)48-6/h7-14,19-21H,15-18,22-23,40H2,1-6H3,(H,41,42)/b24-7-,31-19+. The number of ether oxygens (including phenoxy) is 2. The Morgan fingerprint density at radius 2 is 1.73 bits per heavy atom. The minimum absolute atomic E-state index is 0.114. The Morgan fingerprint density at radius 1 is 1.02 bits per heavy atom. The Bertz CT molecular complexity index is 1720. The first kappa shape index (κ1) is 34.4. The van der Waals surface area contributed by atoms with Gasteiger partial charge in [-0.2, -0.15) is 0 Å². The van der Waals surface area contributed by atoms with E-state index < -0.39 is 11.6 Å². The highest BCUT2D eigenvalue weighted by Crippen LogP contribution is 2.33. The molecule has 1 fully saturated rings. The average Bonchev–Trinajstić information content (AvgIpc) is 3.35. The van der Waals surface area contributed by atoms with Crippen LogP contribution in [0.2, 0.25) is 0 Å². The Kier molecular flexibility index (Phi) is 10.4. The lowest BCUT2D eigenvalue weighted by molar-refractivity contribution is -0.125. The zero-order chi connectivity index (χ0) is 34.6. The van der Waals surface area contributed by atoms with Crippen LogP contribution in [0.3, 0.4) is 0 Å². The number of nitrogens with zero attached hydrogens (tertiary/aromatic N) is 4. The molecule has 11 heteroatoms. The maximum absolute atomic E-state index is 15.0. The van der Waals surface area contributed by atoms with E-state index in [4.69, 9.17) is 15.2 Å². The van der Waals surface area contributed by atoms with E-state index in [2.05, 4.69) is 40.9 Å². The molecule has 1 amide bonds. The number of pyridine rings is 1. The van der Waals surface area contributed by atoms with E-state index in [0.717, 1.165) is 37.4 Å². The maximum atomic E-state index is 15.0. The molecule has 2 aromatic carbocycles. The van der Waals surface area contributed by atoms with Crippen molar-refractivity contribution in [1.29, 1.82) is 0 Å². The van der Waals surface area contributed by atoms with Crippen molar-refractivity contribution < 1.29 is 23.0 Å². The van der Waals surface area contributed by atoms with E-state index in [1.165, 1.54) is 18.2 Å². The molecule has 48 heavy (non-hydrogen) atoms. The fraction of sp³-hybridized carbons (Fsp3) is 0.351. The summed E-state index contributed by atoms with van der Waals surface area (Å²) < 4.78 is 40.8. The quantitative estimate of drug-likeness (QED) is 0.258. The third kappa shape index (κ3) is 7.46. The molecule has 2 aliphatic heterocycles. The molecule has 3 N–H and O–H groups in total. The summed E-state index contributed by atoms with van der Waals surface area (Å²) in [7, 11) is 3.12. The fourth-order valence-corrected chi connectivity index (χ4v) is 6.08. The summed E-state index contributed by atoms with van der Waals surface area (Å²) in [6.07, 6.45) is 4.92. The molecule has 254 valence electrons. The zero-order valence-corrected chi connectivity index (χ0v) is 28.4. The molecule has 1 saturated heterocycles. The van der Waals surface area contributed by atoms with Crippen molar-refractivity contribution >= 4 is 23.0 Å². The number of methoxy groups -OCH3 is 2. The van der Waals surface area contributed by atoms with Crippen LogP contribution < -0.4 is 25.4 Å². The first-order chi connectivity index (χ1) is 22.9. The van der Waals surface area contributed by atoms with Gasteiger partial charge in [0.2, 0.25) is 0 Å². The number of nitrogens with two attached hydrogens (primary N) is 1. The highest BCUT2D eigenvalue weighted by atomic mass is 19.1. The summed E-state index contributed by atoms with van der Waals surface area (Å²) in [5.41, 5.74) is 9.23. The van der Waals surface area contributed by atoms with E-state index >= 15 is 0 Å². The van der Waals surface area contributed by atoms with Crippen LogP contribution in [0.25, 0.3) is 5.57 Å². The van der Waals surface area contributed by atoms with Crippen LogP contribution in [0.15, 0.2) is 83.8 Å². The van der Waals surface area contributed by atoms with Crippen LogP contribution in [0, 0.1) is 11.6 Å². The van der Waals surface area contributed by atoms with Crippen molar-refractivity contribution in [3.63, 3.8) is 0 Å². The molecule has 5 rings (SSSR count). The lowest BCUT2D eigenvalue weighted by atomic mass is 10.0. The largest absolute Gasteiger partial charge is 0.497 e. The van der Waals surface area contributed by atoms with Gasteiger partial charge in [-0.15, -0.1) is 0 Å². The molecule has 3 aromatic rings. The number of carbonyl (C=O) groups excluding carboxylic acids is 1. The maximum Gasteiger partial charge on any atom is 0.258 e. The normalized spacial score (nSPS) is 16.5. The monoisotopic (exact) mass is 658 g/mol. The van der Waals surface area contributed by atoms with Crippen LogP contribution in [0.5, 0.6) is 11.5 Å². The number of benzene rings is 2. The molecule has 0 saturated carbocycles. The summed E-state index contributed by atoms with van der Waals surface area (Å²) in [4.78, 5) is 25.0. The topological polar surface area (TPSA) is 96.2 Å². The Labute approximate surface area is 281 Å². The highest BCUT2D eigenvalue weighted by Gasteiger charge is 2.33. The SMILES string of the molecule is C/C=C(/C=C(/Nc1ccc(N2CCN(C(C)(C)C)CC2)cn1)C1=C(N)CN(Cc2ccc(OC)cc2OC)C1=O)c1c(F)cccc1F. The molecule has 0 aliphatic carbocycles. The fourth-order valence-electron chi connectivity index (χ4n) is 6.08. The molecule has 0 spiro atoms. The number of hydrogen-bond acceptors (Lipinski definition) is 8. The number of anilines is 2. The van der Waals surface area contributed by atoms with Gasteiger partial charge in [-0.25, -0.2) is 13.8 Å². The minimum Gasteiger partial charge on any atom is -0.497 e. The second-order valence-corrected chi connectivity index (χ2v) is 12.8. The van der Waals surface area contributed by atoms with Gasteiger partial charge in [-0.1, -0.05) is 12.1 Å². The third-order valence-electron chi connectivity index (χ3n) is 8.77. The van der Waals surface area contributed by atoms with Crippen LogP contribution in [0.4, 0.5) is 20.3 Å². The number of amides is 1. The Hall–Kier alpha value is -4.90. The van der Waals surface area contributed by atoms with Crippen LogP contribution in [-0.2, 0) is 11.3 Å². The zero-order valence-electron chi connectivity index (χ0n) is 28.4. The van der Waals surface area contributed by atoms with Crippen molar-refractivity contribution in [2.45, 2.75) is 39.8 Å². The van der Waals surface area contributed by atoms with E-state index in [0.29, 0.717) is 23.0 Å². The smallest absolute Gasteiger partial charge is 0.258 e. The highest BCUT2D eigenvalue weighted by molar-refractivity contribution is 6.02. The average molecular weight is 659 g/mol. The van der Waals surface area contributed by atoms with Crippen LogP contribution in [-0.4, -0.2) is 73.2 Å². The summed E-state index contributed by atoms with van der Waals surface area (Å²) in [6, 6.07) is 12.9. The molecule has 9 nitrogen and oxygen atoms in total. The van der Waals surface area contributed by atoms with Gasteiger partial charge in [-0.3, -0.25) is 9.69 Å². The summed E-state index contributed by atoms with van der Waals surface area (Å²) >= 11 is 0. The van der Waals surface area contributed by atoms with Gasteiger partial charge < -0.3 is 30.3 Å². The molecular formula is C37H44F2N6O3. The molecule has 2 aliphatic rings. The number of piperazine rings is 1. The Morgan fingerprint density at radius 3 is 2.31 bits per heavy atom. The number of rotatable bonds is 10. The number of carbonyl (C=O) groups is 1. The predicted octanol–water partition coefficient (Wildman–Crippen LogP) is 5.95. The van der Waals surface area contributed by atoms with Gasteiger partial charge in [0.25, 0.3) is 5.91 Å². The molecule has 0 bridgehead atoms. The van der Waals surface area contributed by atoms with Gasteiger partial charge in [0.15, 0.2) is 0 Å². The van der Waals surface area contributed by atoms with Crippen LogP contribution in [0.1, 0.15) is 38.8 Å². The van der Waals surface area contributed by atoms with Crippen molar-refractivity contribution in [1.82, 2.24) is 14.8 Å². The molecule has 1 aromatic heterocycles. The number of hydrogen-bond donors (Lipinski definition) is 2. The van der Waals surface area contributed by atoms with Gasteiger partial charge in [0, 0.05) is 49.0 Å². The molecule has 0 radical (unpaired) electrons. The molecule has 3 heterocycles. The van der Waals surface area contributed by atoms with Crippen LogP contribution >= 0.6 is 0 Å². The number of halogens is 2. The minimum atomic E-state index is -0.722. The van der Waals surface area contributed by atoms with Gasteiger partial charge in [0.05, 0.1) is 56.0 Å². The third-order valence-corrected chi connectivity index (χ3v) is 8.77. The molecular weight excluding hydrogens is 614 g/mol. The predicted molar refractivity (Wildman–Crippen MR) is 186 cm³/mol. The second-order valence-electron chi connectivity index (χ2n) is 12.8. The van der Waals surface area contributed by atoms with Crippen molar-refractivity contribution in [3.8, 4) is 11.5 Å². The lowest BCUT2D eigenvalue weighted by Gasteiger charge is -2.43. The summed E-state index contributed by atoms with van der Waals surface area (Å²) in [5.74, 6) is -0.145. The summed E-state index contributed by atoms with van der Waals surface area (Å²) in [6.45, 7) is 12.4. The summed E-state index contributed by atoms with van der Waals surface area (Å²) in [5, 5.41) is 3.25. The molecule has 0 atom stereocenters. The number of allylic oxidation sites excluding steroid dienone is 3. The first-order valence-corrected chi connectivity index (χ1v) is 16.0. The number of nitrogens with one attached hydrogen (secondary N) is 1. The van der Waals surface area contributed by atoms with E-state index in [1.807, 2.05) is 18.2 Å². The Balaban J connectivity index is 1.44. The van der Waals surface area contributed by atoms with Crippen molar-refractivity contribution in [3.05, 3.63) is 107 Å². The van der Waals surface area contributed by atoms with E-state index in [9.17, 15) is 13.6 Å². The van der Waals surface area contributed by atoms with E-state index in [-0.39, 0.29) is 46.9 Å². The van der Waals surface area contributed by atoms with Crippen molar-refractivity contribution in [2.24, 2.45) is 5.73 Å². The van der Waals surface area contributed by atoms with Gasteiger partial charge in [-0.05, 0) is 75.7 Å².